The summed E-state index contributed by atoms with van der Waals surface area (Å²) in [5.41, 5.74) is 0. The number of unbranched alkanes of at least 4 members (excludes halogenated alkanes) is 7. The number of ether oxygens (including phenoxy) is 1. The van der Waals surface area contributed by atoms with Crippen LogP contribution in [0.1, 0.15) is 78.1 Å². The van der Waals surface area contributed by atoms with Crippen LogP contribution in [-0.2, 0) is 4.74 Å². The summed E-state index contributed by atoms with van der Waals surface area (Å²) in [6.07, 6.45) is 10.2. The molecule has 1 unspecified atom stereocenters. The first-order chi connectivity index (χ1) is 10.2. The van der Waals surface area contributed by atoms with E-state index < -0.39 is 13.0 Å². The number of hydrogen-bond donors (Lipinski definition) is 1. The molecule has 0 aromatic carbocycles. The second-order valence-electron chi connectivity index (χ2n) is 5.77. The molecule has 0 bridgehead atoms. The van der Waals surface area contributed by atoms with E-state index in [-0.39, 0.29) is 0 Å². The molecule has 2 nitrogen and oxygen atoms in total. The van der Waals surface area contributed by atoms with Crippen molar-refractivity contribution in [3.63, 3.8) is 0 Å². The summed E-state index contributed by atoms with van der Waals surface area (Å²) in [4.78, 5) is 0. The topological polar surface area (TPSA) is 21.3 Å². The van der Waals surface area contributed by atoms with Gasteiger partial charge in [-0.3, -0.25) is 0 Å². The smallest absolute Gasteiger partial charge is 0.261 e. The fourth-order valence-electron chi connectivity index (χ4n) is 2.56. The van der Waals surface area contributed by atoms with E-state index in [1.165, 1.54) is 51.4 Å². The first-order valence-corrected chi connectivity index (χ1v) is 8.79. The molecule has 1 atom stereocenters. The normalized spacial score (nSPS) is 13.0. The van der Waals surface area contributed by atoms with Crippen LogP contribution in [0.3, 0.4) is 0 Å². The van der Waals surface area contributed by atoms with Gasteiger partial charge in [-0.2, -0.15) is 0 Å². The quantitative estimate of drug-likeness (QED) is 0.397. The minimum atomic E-state index is -2.35. The molecular formula is C17H35F2NO. The van der Waals surface area contributed by atoms with Crippen LogP contribution in [0.25, 0.3) is 0 Å². The van der Waals surface area contributed by atoms with Crippen molar-refractivity contribution in [3.05, 3.63) is 0 Å². The third-order valence-electron chi connectivity index (χ3n) is 3.75. The number of nitrogens with one attached hydrogen (secondary N) is 1. The zero-order valence-electron chi connectivity index (χ0n) is 14.0. The summed E-state index contributed by atoms with van der Waals surface area (Å²) < 4.78 is 28.9. The lowest BCUT2D eigenvalue weighted by molar-refractivity contribution is 0.0142. The van der Waals surface area contributed by atoms with Crippen molar-refractivity contribution < 1.29 is 13.5 Å². The minimum Gasteiger partial charge on any atom is -0.375 e. The highest BCUT2D eigenvalue weighted by molar-refractivity contribution is 4.66. The minimum absolute atomic E-state index is 0.410. The summed E-state index contributed by atoms with van der Waals surface area (Å²) in [6.45, 7) is 5.25. The number of hydrogen-bond acceptors (Lipinski definition) is 2. The maximum absolute atomic E-state index is 12.0. The van der Waals surface area contributed by atoms with Crippen LogP contribution < -0.4 is 5.32 Å². The van der Waals surface area contributed by atoms with Gasteiger partial charge in [-0.15, -0.1) is 0 Å². The molecule has 0 amide bonds. The maximum Gasteiger partial charge on any atom is 0.261 e. The van der Waals surface area contributed by atoms with E-state index in [4.69, 9.17) is 4.74 Å². The lowest BCUT2D eigenvalue weighted by atomic mass is 10.0. The molecule has 0 aliphatic heterocycles. The Morgan fingerprint density at radius 1 is 0.857 bits per heavy atom. The van der Waals surface area contributed by atoms with Crippen molar-refractivity contribution in [1.82, 2.24) is 5.32 Å². The highest BCUT2D eigenvalue weighted by Gasteiger charge is 2.08. The molecule has 21 heavy (non-hydrogen) atoms. The van der Waals surface area contributed by atoms with Crippen molar-refractivity contribution in [2.45, 2.75) is 90.5 Å². The van der Waals surface area contributed by atoms with Gasteiger partial charge in [0.15, 0.2) is 0 Å². The second-order valence-corrected chi connectivity index (χ2v) is 5.77. The third kappa shape index (κ3) is 16.0. The Bertz CT molecular complexity index is 203. The van der Waals surface area contributed by atoms with Gasteiger partial charge in [0.25, 0.3) is 6.43 Å². The van der Waals surface area contributed by atoms with Gasteiger partial charge in [-0.25, -0.2) is 8.78 Å². The molecular weight excluding hydrogens is 272 g/mol. The van der Waals surface area contributed by atoms with E-state index in [0.29, 0.717) is 12.6 Å². The SMILES string of the molecule is CCCCCCCCCCC(CCOCC(F)F)NCC. The van der Waals surface area contributed by atoms with Crippen molar-refractivity contribution in [2.75, 3.05) is 19.8 Å². The van der Waals surface area contributed by atoms with Crippen LogP contribution in [0.2, 0.25) is 0 Å². The predicted octanol–water partition coefficient (Wildman–Crippen LogP) is 5.17. The lowest BCUT2D eigenvalue weighted by Crippen LogP contribution is -2.30. The van der Waals surface area contributed by atoms with E-state index in [2.05, 4.69) is 19.2 Å². The summed E-state index contributed by atoms with van der Waals surface area (Å²) in [6, 6.07) is 0.410. The summed E-state index contributed by atoms with van der Waals surface area (Å²) in [5, 5.41) is 3.42. The summed E-state index contributed by atoms with van der Waals surface area (Å²) in [7, 11) is 0. The Hall–Kier alpha value is -0.220. The molecule has 1 N–H and O–H groups in total. The van der Waals surface area contributed by atoms with Crippen molar-refractivity contribution >= 4 is 0 Å². The maximum atomic E-state index is 12.0. The standard InChI is InChI=1S/C17H35F2NO/c1-3-5-6-7-8-9-10-11-12-16(20-4-2)13-14-21-15-17(18)19/h16-17,20H,3-15H2,1-2H3. The summed E-state index contributed by atoms with van der Waals surface area (Å²) in [5.74, 6) is 0. The van der Waals surface area contributed by atoms with E-state index >= 15 is 0 Å². The van der Waals surface area contributed by atoms with Gasteiger partial charge in [0.05, 0.1) is 0 Å². The summed E-state index contributed by atoms with van der Waals surface area (Å²) >= 11 is 0. The highest BCUT2D eigenvalue weighted by atomic mass is 19.3. The van der Waals surface area contributed by atoms with Crippen LogP contribution in [0.15, 0.2) is 0 Å². The average molecular weight is 307 g/mol. The molecule has 0 saturated carbocycles. The predicted molar refractivity (Wildman–Crippen MR) is 86.1 cm³/mol. The van der Waals surface area contributed by atoms with Crippen LogP contribution in [0.5, 0.6) is 0 Å². The number of halogens is 2. The first-order valence-electron chi connectivity index (χ1n) is 8.79. The van der Waals surface area contributed by atoms with Crippen LogP contribution >= 0.6 is 0 Å². The van der Waals surface area contributed by atoms with E-state index in [1.807, 2.05) is 0 Å². The fraction of sp³-hybridized carbons (Fsp3) is 1.00. The molecule has 0 saturated heterocycles. The average Bonchev–Trinajstić information content (AvgIpc) is 2.46. The van der Waals surface area contributed by atoms with Crippen molar-refractivity contribution in [3.8, 4) is 0 Å². The van der Waals surface area contributed by atoms with Gasteiger partial charge in [0.1, 0.15) is 6.61 Å². The Labute approximate surface area is 130 Å². The second kappa shape index (κ2) is 16.2. The van der Waals surface area contributed by atoms with Gasteiger partial charge in [-0.1, -0.05) is 65.2 Å². The van der Waals surface area contributed by atoms with Gasteiger partial charge in [0.2, 0.25) is 0 Å². The molecule has 0 fully saturated rings. The number of alkyl halides is 2. The van der Waals surface area contributed by atoms with Gasteiger partial charge < -0.3 is 10.1 Å². The Balaban J connectivity index is 3.46. The molecule has 0 rings (SSSR count). The molecule has 0 aromatic heterocycles. The molecule has 0 radical (unpaired) electrons. The molecule has 0 spiro atoms. The molecule has 128 valence electrons. The molecule has 0 aliphatic carbocycles. The molecule has 0 heterocycles. The van der Waals surface area contributed by atoms with E-state index in [9.17, 15) is 8.78 Å². The van der Waals surface area contributed by atoms with E-state index in [1.54, 1.807) is 0 Å². The van der Waals surface area contributed by atoms with Gasteiger partial charge in [-0.05, 0) is 19.4 Å². The Morgan fingerprint density at radius 2 is 1.48 bits per heavy atom. The third-order valence-corrected chi connectivity index (χ3v) is 3.75. The monoisotopic (exact) mass is 307 g/mol. The van der Waals surface area contributed by atoms with Crippen molar-refractivity contribution in [2.24, 2.45) is 0 Å². The van der Waals surface area contributed by atoms with E-state index in [0.717, 1.165) is 19.4 Å². The molecule has 4 heteroatoms. The molecule has 0 aliphatic rings. The van der Waals surface area contributed by atoms with Crippen LogP contribution in [0, 0.1) is 0 Å². The van der Waals surface area contributed by atoms with Gasteiger partial charge >= 0.3 is 0 Å². The zero-order chi connectivity index (χ0) is 15.8. The number of rotatable bonds is 16. The first kappa shape index (κ1) is 20.8. The van der Waals surface area contributed by atoms with Crippen LogP contribution in [-0.4, -0.2) is 32.2 Å². The zero-order valence-corrected chi connectivity index (χ0v) is 14.0. The van der Waals surface area contributed by atoms with Crippen LogP contribution in [0.4, 0.5) is 8.78 Å². The lowest BCUT2D eigenvalue weighted by Gasteiger charge is -2.17. The van der Waals surface area contributed by atoms with Crippen molar-refractivity contribution in [1.29, 1.82) is 0 Å². The molecule has 0 aromatic rings. The fourth-order valence-corrected chi connectivity index (χ4v) is 2.56. The highest BCUT2D eigenvalue weighted by Crippen LogP contribution is 2.12. The Kier molecular flexibility index (Phi) is 16.0. The Morgan fingerprint density at radius 3 is 2.05 bits per heavy atom. The van der Waals surface area contributed by atoms with Gasteiger partial charge in [0, 0.05) is 12.6 Å². The largest absolute Gasteiger partial charge is 0.375 e.